The van der Waals surface area contributed by atoms with Gasteiger partial charge in [-0.3, -0.25) is 4.79 Å². The number of aromatic nitrogens is 3. The Morgan fingerprint density at radius 2 is 1.91 bits per heavy atom. The number of nitrogens with one attached hydrogen (secondary N) is 1. The lowest BCUT2D eigenvalue weighted by molar-refractivity contribution is 0.0523. The molecule has 0 fully saturated rings. The van der Waals surface area contributed by atoms with E-state index < -0.39 is 5.60 Å². The molecule has 6 heteroatoms. The van der Waals surface area contributed by atoms with Gasteiger partial charge in [0.05, 0.1) is 16.6 Å². The Bertz CT molecular complexity index is 1290. The number of para-hydroxylation sites is 2. The topological polar surface area (TPSA) is 88.1 Å². The van der Waals surface area contributed by atoms with Gasteiger partial charge in [0.15, 0.2) is 5.82 Å². The van der Waals surface area contributed by atoms with Gasteiger partial charge in [-0.2, -0.15) is 0 Å². The molecule has 0 saturated heterocycles. The summed E-state index contributed by atoms with van der Waals surface area (Å²) in [6, 6.07) is 18.4. The number of H-pyrrole nitrogens is 1. The van der Waals surface area contributed by atoms with Crippen LogP contribution in [-0.2, 0) is 0 Å². The molecule has 0 spiro atoms. The van der Waals surface area contributed by atoms with Crippen LogP contribution in [0.3, 0.4) is 0 Å². The zero-order valence-electron chi connectivity index (χ0n) is 17.7. The standard InChI is InChI=1S/C26H23N3O3/c1-26(31)14-12-17(13-15-26)20-5-4-16-27-25(20)32-19-10-8-18(9-11-19)23(30)24-28-21-6-2-3-7-22(21)29-24/h2-12,16,31H,13-15H2,1H3,(H,28,29)/t26-/m1/s1. The van der Waals surface area contributed by atoms with E-state index >= 15 is 0 Å². The monoisotopic (exact) mass is 425 g/mol. The zero-order valence-corrected chi connectivity index (χ0v) is 17.7. The zero-order chi connectivity index (χ0) is 22.1. The van der Waals surface area contributed by atoms with E-state index in [1.807, 2.05) is 43.3 Å². The van der Waals surface area contributed by atoms with Gasteiger partial charge in [-0.1, -0.05) is 18.2 Å². The minimum Gasteiger partial charge on any atom is -0.438 e. The molecule has 0 radical (unpaired) electrons. The maximum atomic E-state index is 12.8. The van der Waals surface area contributed by atoms with E-state index in [9.17, 15) is 9.90 Å². The third-order valence-electron chi connectivity index (χ3n) is 5.77. The van der Waals surface area contributed by atoms with Crippen LogP contribution in [0, 0.1) is 0 Å². The van der Waals surface area contributed by atoms with Crippen molar-refractivity contribution in [2.45, 2.75) is 31.8 Å². The van der Waals surface area contributed by atoms with Crippen LogP contribution < -0.4 is 4.74 Å². The molecule has 1 aliphatic rings. The molecular weight excluding hydrogens is 402 g/mol. The molecule has 0 saturated carbocycles. The van der Waals surface area contributed by atoms with Crippen LogP contribution in [0.15, 0.2) is 72.9 Å². The van der Waals surface area contributed by atoms with Gasteiger partial charge in [-0.05, 0) is 80.3 Å². The summed E-state index contributed by atoms with van der Waals surface area (Å²) in [6.07, 6.45) is 5.82. The van der Waals surface area contributed by atoms with E-state index in [2.05, 4.69) is 21.0 Å². The fourth-order valence-electron chi connectivity index (χ4n) is 3.90. The minimum absolute atomic E-state index is 0.175. The largest absolute Gasteiger partial charge is 0.438 e. The summed E-state index contributed by atoms with van der Waals surface area (Å²) in [5.41, 5.74) is 3.50. The number of carbonyl (C=O) groups is 1. The highest BCUT2D eigenvalue weighted by molar-refractivity contribution is 6.08. The molecule has 0 unspecified atom stereocenters. The average Bonchev–Trinajstić information content (AvgIpc) is 3.24. The fourth-order valence-corrected chi connectivity index (χ4v) is 3.90. The summed E-state index contributed by atoms with van der Waals surface area (Å²) in [4.78, 5) is 24.7. The van der Waals surface area contributed by atoms with E-state index in [-0.39, 0.29) is 5.78 Å². The summed E-state index contributed by atoms with van der Waals surface area (Å²) in [6.45, 7) is 1.86. The molecule has 2 heterocycles. The number of aromatic amines is 1. The molecule has 2 N–H and O–H groups in total. The Labute approximate surface area is 185 Å². The van der Waals surface area contributed by atoms with E-state index in [0.717, 1.165) is 28.6 Å². The SMILES string of the molecule is C[C@@]1(O)CC=C(c2cccnc2Oc2ccc(C(=O)c3nc4ccccc4[nH]3)cc2)CC1. The minimum atomic E-state index is -0.658. The number of aliphatic hydroxyl groups is 1. The Balaban J connectivity index is 1.35. The van der Waals surface area contributed by atoms with Crippen molar-refractivity contribution in [2.75, 3.05) is 0 Å². The van der Waals surface area contributed by atoms with Crippen LogP contribution in [-0.4, -0.2) is 31.4 Å². The van der Waals surface area contributed by atoms with Gasteiger partial charge in [-0.25, -0.2) is 9.97 Å². The summed E-state index contributed by atoms with van der Waals surface area (Å²) in [7, 11) is 0. The molecule has 6 nitrogen and oxygen atoms in total. The van der Waals surface area contributed by atoms with E-state index in [1.165, 1.54) is 0 Å². The summed E-state index contributed by atoms with van der Waals surface area (Å²) < 4.78 is 6.05. The lowest BCUT2D eigenvalue weighted by atomic mass is 9.85. The second-order valence-electron chi connectivity index (χ2n) is 8.34. The predicted octanol–water partition coefficient (Wildman–Crippen LogP) is 5.30. The molecule has 4 aromatic rings. The molecule has 0 aliphatic heterocycles. The molecule has 1 aliphatic carbocycles. The number of ether oxygens (including phenoxy) is 1. The van der Waals surface area contributed by atoms with Crippen LogP contribution in [0.2, 0.25) is 0 Å². The number of fused-ring (bicyclic) bond motifs is 1. The molecular formula is C26H23N3O3. The van der Waals surface area contributed by atoms with Gasteiger partial charge >= 0.3 is 0 Å². The highest BCUT2D eigenvalue weighted by Gasteiger charge is 2.25. The first-order valence-corrected chi connectivity index (χ1v) is 10.6. The lowest BCUT2D eigenvalue weighted by Gasteiger charge is -2.27. The number of rotatable bonds is 5. The summed E-state index contributed by atoms with van der Waals surface area (Å²) in [5.74, 6) is 1.24. The summed E-state index contributed by atoms with van der Waals surface area (Å²) in [5, 5.41) is 10.2. The number of ketones is 1. The maximum absolute atomic E-state index is 12.8. The Hall–Kier alpha value is -3.77. The van der Waals surface area contributed by atoms with Crippen LogP contribution in [0.25, 0.3) is 16.6 Å². The van der Waals surface area contributed by atoms with Gasteiger partial charge in [0.25, 0.3) is 0 Å². The number of carbonyl (C=O) groups excluding carboxylic acids is 1. The van der Waals surface area contributed by atoms with Gasteiger partial charge < -0.3 is 14.8 Å². The second-order valence-corrected chi connectivity index (χ2v) is 8.34. The molecule has 5 rings (SSSR count). The van der Waals surface area contributed by atoms with Gasteiger partial charge in [0, 0.05) is 17.3 Å². The van der Waals surface area contributed by atoms with Crippen molar-refractivity contribution >= 4 is 22.4 Å². The molecule has 160 valence electrons. The number of benzene rings is 2. The Morgan fingerprint density at radius 1 is 1.09 bits per heavy atom. The van der Waals surface area contributed by atoms with Crippen LogP contribution in [0.5, 0.6) is 11.6 Å². The van der Waals surface area contributed by atoms with Crippen molar-refractivity contribution in [1.82, 2.24) is 15.0 Å². The van der Waals surface area contributed by atoms with Crippen LogP contribution in [0.1, 0.15) is 47.9 Å². The average molecular weight is 425 g/mol. The highest BCUT2D eigenvalue weighted by atomic mass is 16.5. The van der Waals surface area contributed by atoms with Gasteiger partial charge in [0.1, 0.15) is 5.75 Å². The number of hydrogen-bond acceptors (Lipinski definition) is 5. The van der Waals surface area contributed by atoms with Crippen LogP contribution >= 0.6 is 0 Å². The fraction of sp³-hybridized carbons (Fsp3) is 0.192. The van der Waals surface area contributed by atoms with Gasteiger partial charge in [0.2, 0.25) is 11.7 Å². The Kier molecular flexibility index (Phi) is 5.07. The number of hydrogen-bond donors (Lipinski definition) is 2. The normalized spacial score (nSPS) is 18.4. The number of pyridine rings is 1. The van der Waals surface area contributed by atoms with E-state index in [1.54, 1.807) is 30.5 Å². The molecule has 0 bridgehead atoms. The molecule has 1 atom stereocenters. The van der Waals surface area contributed by atoms with Crippen molar-refractivity contribution in [2.24, 2.45) is 0 Å². The van der Waals surface area contributed by atoms with Crippen molar-refractivity contribution in [3.8, 4) is 11.6 Å². The van der Waals surface area contributed by atoms with Gasteiger partial charge in [-0.15, -0.1) is 0 Å². The first-order valence-electron chi connectivity index (χ1n) is 10.6. The van der Waals surface area contributed by atoms with Crippen molar-refractivity contribution in [3.05, 3.63) is 89.9 Å². The van der Waals surface area contributed by atoms with E-state index in [4.69, 9.17) is 4.74 Å². The molecule has 2 aromatic heterocycles. The summed E-state index contributed by atoms with van der Waals surface area (Å²) >= 11 is 0. The first kappa shape index (κ1) is 20.2. The predicted molar refractivity (Wildman–Crippen MR) is 123 cm³/mol. The molecule has 32 heavy (non-hydrogen) atoms. The number of imidazole rings is 1. The lowest BCUT2D eigenvalue weighted by Crippen LogP contribution is -2.25. The molecule has 2 aromatic carbocycles. The Morgan fingerprint density at radius 3 is 2.66 bits per heavy atom. The van der Waals surface area contributed by atoms with Crippen molar-refractivity contribution < 1.29 is 14.6 Å². The first-order chi connectivity index (χ1) is 15.5. The number of nitrogens with zero attached hydrogens (tertiary/aromatic N) is 2. The maximum Gasteiger partial charge on any atom is 0.228 e. The van der Waals surface area contributed by atoms with Crippen molar-refractivity contribution in [3.63, 3.8) is 0 Å². The van der Waals surface area contributed by atoms with Crippen LogP contribution in [0.4, 0.5) is 0 Å². The smallest absolute Gasteiger partial charge is 0.228 e. The highest BCUT2D eigenvalue weighted by Crippen LogP contribution is 2.36. The third kappa shape index (κ3) is 4.05. The third-order valence-corrected chi connectivity index (χ3v) is 5.77. The quantitative estimate of drug-likeness (QED) is 0.424. The van der Waals surface area contributed by atoms with Crippen molar-refractivity contribution in [1.29, 1.82) is 0 Å². The number of allylic oxidation sites excluding steroid dienone is 1. The second kappa shape index (κ2) is 8.05. The molecule has 0 amide bonds. The van der Waals surface area contributed by atoms with E-state index in [0.29, 0.717) is 35.9 Å².